The van der Waals surface area contributed by atoms with Crippen LogP contribution in [0.2, 0.25) is 0 Å². The molecule has 1 rings (SSSR count). The first-order chi connectivity index (χ1) is 8.82. The molecule has 1 aromatic rings. The number of nitrogens with zero attached hydrogens (tertiary/aromatic N) is 1. The molecule has 0 saturated carbocycles. The summed E-state index contributed by atoms with van der Waals surface area (Å²) in [6, 6.07) is 3.14. The number of nitriles is 1. The molecule has 0 aliphatic rings. The lowest BCUT2D eigenvalue weighted by atomic mass is 10.1. The van der Waals surface area contributed by atoms with Crippen molar-refractivity contribution in [1.29, 1.82) is 5.26 Å². The molecule has 0 atom stereocenters. The SMILES string of the molecule is COC(=O)c1cc(C=O)cc(C#N)c1OC(F)(F)F. The molecule has 0 radical (unpaired) electrons. The number of halogens is 3. The number of methoxy groups -OCH3 is 1. The van der Waals surface area contributed by atoms with Gasteiger partial charge in [-0.05, 0) is 12.1 Å². The van der Waals surface area contributed by atoms with Crippen molar-refractivity contribution in [1.82, 2.24) is 0 Å². The van der Waals surface area contributed by atoms with Crippen molar-refractivity contribution in [2.45, 2.75) is 6.36 Å². The molecule has 0 heterocycles. The molecule has 0 fully saturated rings. The average Bonchev–Trinajstić information content (AvgIpc) is 2.36. The molecule has 0 bridgehead atoms. The molecule has 1 aromatic carbocycles. The van der Waals surface area contributed by atoms with E-state index in [2.05, 4.69) is 9.47 Å². The van der Waals surface area contributed by atoms with Gasteiger partial charge in [0.05, 0.1) is 12.7 Å². The molecule has 0 aromatic heterocycles. The Morgan fingerprint density at radius 2 is 2.05 bits per heavy atom. The van der Waals surface area contributed by atoms with E-state index in [1.165, 1.54) is 6.07 Å². The molecule has 100 valence electrons. The minimum atomic E-state index is -5.09. The Kier molecular flexibility index (Phi) is 4.11. The molecule has 0 aliphatic carbocycles. The summed E-state index contributed by atoms with van der Waals surface area (Å²) >= 11 is 0. The van der Waals surface area contributed by atoms with Crippen LogP contribution in [0.3, 0.4) is 0 Å². The highest BCUT2D eigenvalue weighted by atomic mass is 19.4. The third-order valence-electron chi connectivity index (χ3n) is 1.99. The van der Waals surface area contributed by atoms with Crippen LogP contribution in [0.15, 0.2) is 12.1 Å². The number of ether oxygens (including phenoxy) is 2. The molecule has 0 spiro atoms. The van der Waals surface area contributed by atoms with E-state index in [1.54, 1.807) is 0 Å². The molecule has 0 saturated heterocycles. The maximum atomic E-state index is 12.2. The third-order valence-corrected chi connectivity index (χ3v) is 1.99. The van der Waals surface area contributed by atoms with E-state index >= 15 is 0 Å². The molecule has 0 aliphatic heterocycles. The maximum Gasteiger partial charge on any atom is 0.573 e. The van der Waals surface area contributed by atoms with Gasteiger partial charge in [0.15, 0.2) is 5.75 Å². The smallest absolute Gasteiger partial charge is 0.465 e. The van der Waals surface area contributed by atoms with Gasteiger partial charge in [-0.15, -0.1) is 13.2 Å². The first-order valence-corrected chi connectivity index (χ1v) is 4.69. The predicted octanol–water partition coefficient (Wildman–Crippen LogP) is 2.06. The van der Waals surface area contributed by atoms with Gasteiger partial charge >= 0.3 is 12.3 Å². The number of hydrogen-bond donors (Lipinski definition) is 0. The molecule has 0 unspecified atom stereocenters. The van der Waals surface area contributed by atoms with Crippen molar-refractivity contribution in [3.63, 3.8) is 0 Å². The molecular formula is C11H6F3NO4. The minimum Gasteiger partial charge on any atom is -0.465 e. The third kappa shape index (κ3) is 3.45. The zero-order chi connectivity index (χ0) is 14.6. The molecule has 19 heavy (non-hydrogen) atoms. The molecule has 0 N–H and O–H groups in total. The fraction of sp³-hybridized carbons (Fsp3) is 0.182. The van der Waals surface area contributed by atoms with Crippen molar-refractivity contribution < 1.29 is 32.2 Å². The Bertz CT molecular complexity index is 560. The summed E-state index contributed by atoms with van der Waals surface area (Å²) in [5.74, 6) is -2.15. The Morgan fingerprint density at radius 1 is 1.42 bits per heavy atom. The van der Waals surface area contributed by atoms with E-state index in [1.807, 2.05) is 0 Å². The van der Waals surface area contributed by atoms with E-state index in [-0.39, 0.29) is 11.8 Å². The first-order valence-electron chi connectivity index (χ1n) is 4.69. The van der Waals surface area contributed by atoms with Gasteiger partial charge in [-0.2, -0.15) is 5.26 Å². The lowest BCUT2D eigenvalue weighted by Gasteiger charge is -2.14. The van der Waals surface area contributed by atoms with Gasteiger partial charge in [0.2, 0.25) is 0 Å². The molecular weight excluding hydrogens is 267 g/mol. The van der Waals surface area contributed by atoms with Gasteiger partial charge in [0, 0.05) is 5.56 Å². The van der Waals surface area contributed by atoms with Crippen LogP contribution in [0.1, 0.15) is 26.3 Å². The number of rotatable bonds is 3. The minimum absolute atomic E-state index is 0.147. The topological polar surface area (TPSA) is 76.4 Å². The average molecular weight is 273 g/mol. The van der Waals surface area contributed by atoms with E-state index < -0.39 is 29.2 Å². The molecule has 5 nitrogen and oxygen atoms in total. The highest BCUT2D eigenvalue weighted by molar-refractivity contribution is 5.95. The van der Waals surface area contributed by atoms with Crippen LogP contribution in [0.5, 0.6) is 5.75 Å². The summed E-state index contributed by atoms with van der Waals surface area (Å²) in [6.45, 7) is 0. The zero-order valence-electron chi connectivity index (χ0n) is 9.45. The lowest BCUT2D eigenvalue weighted by Crippen LogP contribution is -2.20. The summed E-state index contributed by atoms with van der Waals surface area (Å²) in [4.78, 5) is 22.0. The normalized spacial score (nSPS) is 10.5. The largest absolute Gasteiger partial charge is 0.573 e. The number of benzene rings is 1. The van der Waals surface area contributed by atoms with Crippen LogP contribution in [-0.4, -0.2) is 25.7 Å². The standard InChI is InChI=1S/C11H6F3NO4/c1-18-10(17)8-3-6(5-16)2-7(4-15)9(8)19-11(12,13)14/h2-3,5H,1H3. The Balaban J connectivity index is 3.51. The van der Waals surface area contributed by atoms with Gasteiger partial charge in [-0.1, -0.05) is 0 Å². The highest BCUT2D eigenvalue weighted by Crippen LogP contribution is 2.31. The van der Waals surface area contributed by atoms with Crippen molar-refractivity contribution in [2.24, 2.45) is 0 Å². The zero-order valence-corrected chi connectivity index (χ0v) is 9.45. The number of alkyl halides is 3. The lowest BCUT2D eigenvalue weighted by molar-refractivity contribution is -0.274. The van der Waals surface area contributed by atoms with Gasteiger partial charge in [-0.25, -0.2) is 4.79 Å². The van der Waals surface area contributed by atoms with Gasteiger partial charge in [-0.3, -0.25) is 4.79 Å². The van der Waals surface area contributed by atoms with Crippen LogP contribution in [0.25, 0.3) is 0 Å². The second-order valence-corrected chi connectivity index (χ2v) is 3.21. The molecule has 8 heteroatoms. The summed E-state index contributed by atoms with van der Waals surface area (Å²) < 4.78 is 44.6. The van der Waals surface area contributed by atoms with Gasteiger partial charge < -0.3 is 9.47 Å². The van der Waals surface area contributed by atoms with Gasteiger partial charge in [0.1, 0.15) is 17.9 Å². The van der Waals surface area contributed by atoms with E-state index in [0.29, 0.717) is 0 Å². The maximum absolute atomic E-state index is 12.2. The number of carbonyl (C=O) groups is 2. The van der Waals surface area contributed by atoms with E-state index in [9.17, 15) is 22.8 Å². The Morgan fingerprint density at radius 3 is 2.47 bits per heavy atom. The summed E-state index contributed by atoms with van der Waals surface area (Å²) in [5, 5.41) is 8.75. The van der Waals surface area contributed by atoms with Crippen LogP contribution in [0, 0.1) is 11.3 Å². The molecule has 0 amide bonds. The number of aldehydes is 1. The van der Waals surface area contributed by atoms with E-state index in [0.717, 1.165) is 19.2 Å². The van der Waals surface area contributed by atoms with Crippen LogP contribution < -0.4 is 4.74 Å². The number of esters is 1. The van der Waals surface area contributed by atoms with Crippen molar-refractivity contribution in [2.75, 3.05) is 7.11 Å². The van der Waals surface area contributed by atoms with Crippen molar-refractivity contribution >= 4 is 12.3 Å². The Labute approximate surface area is 105 Å². The van der Waals surface area contributed by atoms with Crippen LogP contribution in [-0.2, 0) is 4.74 Å². The van der Waals surface area contributed by atoms with Crippen molar-refractivity contribution in [3.8, 4) is 11.8 Å². The van der Waals surface area contributed by atoms with E-state index in [4.69, 9.17) is 5.26 Å². The fourth-order valence-electron chi connectivity index (χ4n) is 1.29. The first kappa shape index (κ1) is 14.5. The van der Waals surface area contributed by atoms with Gasteiger partial charge in [0.25, 0.3) is 0 Å². The second-order valence-electron chi connectivity index (χ2n) is 3.21. The number of hydrogen-bond acceptors (Lipinski definition) is 5. The monoisotopic (exact) mass is 273 g/mol. The quantitative estimate of drug-likeness (QED) is 0.622. The Hall–Kier alpha value is -2.56. The highest BCUT2D eigenvalue weighted by Gasteiger charge is 2.35. The predicted molar refractivity (Wildman–Crippen MR) is 54.6 cm³/mol. The van der Waals surface area contributed by atoms with Crippen LogP contribution >= 0.6 is 0 Å². The number of carbonyl (C=O) groups excluding carboxylic acids is 2. The summed E-state index contributed by atoms with van der Waals surface area (Å²) in [6.07, 6.45) is -4.80. The summed E-state index contributed by atoms with van der Waals surface area (Å²) in [5.41, 5.74) is -1.39. The van der Waals surface area contributed by atoms with Crippen molar-refractivity contribution in [3.05, 3.63) is 28.8 Å². The van der Waals surface area contributed by atoms with Crippen LogP contribution in [0.4, 0.5) is 13.2 Å². The summed E-state index contributed by atoms with van der Waals surface area (Å²) in [7, 11) is 0.944. The fourth-order valence-corrected chi connectivity index (χ4v) is 1.29. The second kappa shape index (κ2) is 5.39.